The summed E-state index contributed by atoms with van der Waals surface area (Å²) in [4.78, 5) is 24.7. The predicted molar refractivity (Wildman–Crippen MR) is 137 cm³/mol. The number of carbonyl (C=O) groups is 1. The number of carboxylic acid groups (broad SMARTS) is 1. The number of hydrogen-bond acceptors (Lipinski definition) is 5. The smallest absolute Gasteiger partial charge is 0.337 e. The number of nitrogens with zero attached hydrogens (tertiary/aromatic N) is 1. The normalized spacial score (nSPS) is 12.2. The summed E-state index contributed by atoms with van der Waals surface area (Å²) in [6, 6.07) is 21.3. The third-order valence-electron chi connectivity index (χ3n) is 6.17. The number of rotatable bonds is 6. The molecule has 1 atom stereocenters. The summed E-state index contributed by atoms with van der Waals surface area (Å²) in [6.45, 7) is 7.51. The number of hydrogen-bond donors (Lipinski definition) is 2. The first-order chi connectivity index (χ1) is 16.6. The van der Waals surface area contributed by atoms with E-state index < -0.39 is 11.4 Å². The minimum Gasteiger partial charge on any atom is -0.478 e. The Morgan fingerprint density at radius 2 is 1.77 bits per heavy atom. The van der Waals surface area contributed by atoms with Crippen LogP contribution < -0.4 is 10.7 Å². The molecule has 4 rings (SSSR count). The molecule has 3 aromatic carbocycles. The highest BCUT2D eigenvalue weighted by molar-refractivity contribution is 5.94. The van der Waals surface area contributed by atoms with Gasteiger partial charge in [0.15, 0.2) is 5.43 Å². The molecule has 0 amide bonds. The van der Waals surface area contributed by atoms with Crippen LogP contribution in [0.3, 0.4) is 0 Å². The quantitative estimate of drug-likeness (QED) is 0.339. The van der Waals surface area contributed by atoms with Gasteiger partial charge in [-0.2, -0.15) is 5.26 Å². The number of carboxylic acids is 1. The van der Waals surface area contributed by atoms with Crippen molar-refractivity contribution in [3.8, 4) is 17.4 Å². The first-order valence-corrected chi connectivity index (χ1v) is 11.3. The van der Waals surface area contributed by atoms with Crippen molar-refractivity contribution in [2.75, 3.05) is 5.32 Å². The number of nitrogens with one attached hydrogen (secondary N) is 1. The topological polar surface area (TPSA) is 103 Å². The maximum atomic E-state index is 13.1. The van der Waals surface area contributed by atoms with Crippen LogP contribution in [-0.4, -0.2) is 11.1 Å². The van der Waals surface area contributed by atoms with E-state index >= 15 is 0 Å². The fourth-order valence-corrected chi connectivity index (χ4v) is 4.12. The monoisotopic (exact) mass is 466 g/mol. The lowest BCUT2D eigenvalue weighted by molar-refractivity contribution is 0.0698. The Hall–Kier alpha value is -4.37. The van der Waals surface area contributed by atoms with Crippen LogP contribution in [0.1, 0.15) is 53.9 Å². The Morgan fingerprint density at radius 1 is 1.09 bits per heavy atom. The highest BCUT2D eigenvalue weighted by Crippen LogP contribution is 2.32. The van der Waals surface area contributed by atoms with Crippen molar-refractivity contribution in [3.05, 3.63) is 99.2 Å². The number of benzene rings is 3. The molecule has 0 radical (unpaired) electrons. The van der Waals surface area contributed by atoms with E-state index in [1.54, 1.807) is 30.3 Å². The summed E-state index contributed by atoms with van der Waals surface area (Å²) in [6.07, 6.45) is 0. The van der Waals surface area contributed by atoms with E-state index in [1.165, 1.54) is 6.07 Å². The van der Waals surface area contributed by atoms with Crippen molar-refractivity contribution in [2.24, 2.45) is 0 Å². The molecule has 176 valence electrons. The van der Waals surface area contributed by atoms with E-state index in [1.807, 2.05) is 58.0 Å². The number of aryl methyl sites for hydroxylation is 1. The van der Waals surface area contributed by atoms with E-state index in [0.717, 1.165) is 22.3 Å². The van der Waals surface area contributed by atoms with Gasteiger partial charge in [-0.1, -0.05) is 42.5 Å². The Bertz CT molecular complexity index is 1530. The zero-order valence-electron chi connectivity index (χ0n) is 20.0. The zero-order valence-corrected chi connectivity index (χ0v) is 20.0. The van der Waals surface area contributed by atoms with Gasteiger partial charge in [-0.25, -0.2) is 4.79 Å². The van der Waals surface area contributed by atoms with Gasteiger partial charge in [0.1, 0.15) is 11.3 Å². The second kappa shape index (κ2) is 9.11. The molecule has 6 nitrogen and oxygen atoms in total. The molecule has 0 saturated carbocycles. The number of anilines is 1. The lowest BCUT2D eigenvalue weighted by Gasteiger charge is -2.19. The van der Waals surface area contributed by atoms with Crippen LogP contribution in [0, 0.1) is 18.3 Å². The summed E-state index contributed by atoms with van der Waals surface area (Å²) >= 11 is 0. The molecule has 0 unspecified atom stereocenters. The summed E-state index contributed by atoms with van der Waals surface area (Å²) in [5, 5.41) is 22.7. The molecule has 6 heteroatoms. The Kier molecular flexibility index (Phi) is 6.19. The molecule has 0 saturated heterocycles. The lowest BCUT2D eigenvalue weighted by Crippen LogP contribution is -2.13. The molecule has 1 aromatic heterocycles. The number of nitriles is 1. The minimum absolute atomic E-state index is 0.161. The molecular formula is C29H26N2O4. The molecule has 0 aliphatic heterocycles. The van der Waals surface area contributed by atoms with Gasteiger partial charge in [-0.3, -0.25) is 4.79 Å². The van der Waals surface area contributed by atoms with E-state index in [9.17, 15) is 20.0 Å². The summed E-state index contributed by atoms with van der Waals surface area (Å²) in [7, 11) is 0. The van der Waals surface area contributed by atoms with Crippen molar-refractivity contribution < 1.29 is 14.3 Å². The predicted octanol–water partition coefficient (Wildman–Crippen LogP) is 6.44. The highest BCUT2D eigenvalue weighted by atomic mass is 16.4. The van der Waals surface area contributed by atoms with Gasteiger partial charge in [-0.15, -0.1) is 0 Å². The minimum atomic E-state index is -1.02. The number of fused-ring (bicyclic) bond motifs is 1. The van der Waals surface area contributed by atoms with Crippen LogP contribution >= 0.6 is 0 Å². The number of aromatic carboxylic acids is 1. The van der Waals surface area contributed by atoms with Crippen molar-refractivity contribution >= 4 is 22.6 Å². The van der Waals surface area contributed by atoms with E-state index in [0.29, 0.717) is 22.4 Å². The van der Waals surface area contributed by atoms with Crippen LogP contribution in [0.15, 0.2) is 75.9 Å². The van der Waals surface area contributed by atoms with Crippen LogP contribution in [0.25, 0.3) is 22.3 Å². The fraction of sp³-hybridized carbons (Fsp3) is 0.207. The first-order valence-electron chi connectivity index (χ1n) is 11.3. The van der Waals surface area contributed by atoms with E-state index in [2.05, 4.69) is 11.4 Å². The van der Waals surface area contributed by atoms with E-state index in [4.69, 9.17) is 4.42 Å². The van der Waals surface area contributed by atoms with Crippen LogP contribution in [0.2, 0.25) is 0 Å². The average molecular weight is 467 g/mol. The van der Waals surface area contributed by atoms with Crippen molar-refractivity contribution in [3.63, 3.8) is 0 Å². The maximum absolute atomic E-state index is 13.1. The average Bonchev–Trinajstić information content (AvgIpc) is 2.84. The maximum Gasteiger partial charge on any atom is 0.337 e. The highest BCUT2D eigenvalue weighted by Gasteiger charge is 2.21. The second-order valence-corrected chi connectivity index (χ2v) is 9.24. The van der Waals surface area contributed by atoms with Crippen molar-refractivity contribution in [1.29, 1.82) is 5.26 Å². The van der Waals surface area contributed by atoms with Crippen molar-refractivity contribution in [2.45, 2.75) is 39.2 Å². The number of para-hydroxylation sites is 1. The third kappa shape index (κ3) is 4.67. The molecule has 0 fully saturated rings. The van der Waals surface area contributed by atoms with Gasteiger partial charge >= 0.3 is 5.97 Å². The Balaban J connectivity index is 1.80. The Morgan fingerprint density at radius 3 is 2.43 bits per heavy atom. The zero-order chi connectivity index (χ0) is 25.3. The van der Waals surface area contributed by atoms with Gasteiger partial charge in [-0.05, 0) is 57.0 Å². The SMILES string of the molecule is Cc1cc([C@@H](C)Nc2ccccc2C(=O)O)c2oc(-c3ccc(C(C)(C)C#N)cc3)cc(=O)c2c1. The molecule has 2 N–H and O–H groups in total. The Labute approximate surface area is 203 Å². The third-order valence-corrected chi connectivity index (χ3v) is 6.17. The molecule has 4 aromatic rings. The molecule has 0 aliphatic rings. The van der Waals surface area contributed by atoms with E-state index in [-0.39, 0.29) is 17.0 Å². The molecule has 0 aliphatic carbocycles. The van der Waals surface area contributed by atoms with Gasteiger partial charge in [0, 0.05) is 22.9 Å². The molecule has 1 heterocycles. The van der Waals surface area contributed by atoms with Gasteiger partial charge in [0.2, 0.25) is 0 Å². The van der Waals surface area contributed by atoms with Gasteiger partial charge < -0.3 is 14.8 Å². The second-order valence-electron chi connectivity index (χ2n) is 9.24. The molecule has 35 heavy (non-hydrogen) atoms. The van der Waals surface area contributed by atoms with Gasteiger partial charge in [0.25, 0.3) is 0 Å². The first kappa shape index (κ1) is 23.8. The summed E-state index contributed by atoms with van der Waals surface area (Å²) < 4.78 is 6.28. The van der Waals surface area contributed by atoms with Crippen LogP contribution in [-0.2, 0) is 5.41 Å². The standard InChI is InChI=1S/C29H26N2O4/c1-17-13-22(18(2)31-24-8-6-5-7-21(24)28(33)34)27-23(14-17)25(32)15-26(35-27)19-9-11-20(12-10-19)29(3,4)16-30/h5-15,18,31H,1-4H3,(H,33,34)/t18-/m1/s1. The lowest BCUT2D eigenvalue weighted by atomic mass is 9.86. The van der Waals surface area contributed by atoms with Crippen LogP contribution in [0.4, 0.5) is 5.69 Å². The molecular weight excluding hydrogens is 440 g/mol. The molecule has 0 bridgehead atoms. The largest absolute Gasteiger partial charge is 0.478 e. The molecule has 0 spiro atoms. The summed E-state index contributed by atoms with van der Waals surface area (Å²) in [5.74, 6) is -0.599. The fourth-order valence-electron chi connectivity index (χ4n) is 4.12. The van der Waals surface area contributed by atoms with Crippen molar-refractivity contribution in [1.82, 2.24) is 0 Å². The van der Waals surface area contributed by atoms with Gasteiger partial charge in [0.05, 0.1) is 28.5 Å². The van der Waals surface area contributed by atoms with Crippen LogP contribution in [0.5, 0.6) is 0 Å². The summed E-state index contributed by atoms with van der Waals surface area (Å²) in [5.41, 5.74) is 3.56.